The summed E-state index contributed by atoms with van der Waals surface area (Å²) in [5, 5.41) is 10.1. The summed E-state index contributed by atoms with van der Waals surface area (Å²) in [4.78, 5) is 2.48. The molecular formula is C15H27NO. The van der Waals surface area contributed by atoms with Gasteiger partial charge in [-0.2, -0.15) is 0 Å². The molecule has 0 saturated heterocycles. The molecule has 2 heteroatoms. The fourth-order valence-electron chi connectivity index (χ4n) is 4.71. The number of hydrogen-bond acceptors (Lipinski definition) is 2. The number of likely N-dealkylation sites (N-methyl/N-ethyl adjacent to an activating group) is 1. The lowest BCUT2D eigenvalue weighted by atomic mass is 9.86. The molecule has 3 fully saturated rings. The summed E-state index contributed by atoms with van der Waals surface area (Å²) in [6, 6.07) is 0.447. The van der Waals surface area contributed by atoms with Crippen molar-refractivity contribution < 1.29 is 5.11 Å². The zero-order chi connectivity index (χ0) is 11.8. The van der Waals surface area contributed by atoms with Crippen LogP contribution >= 0.6 is 0 Å². The molecule has 0 aromatic rings. The maximum atomic E-state index is 10.1. The first kappa shape index (κ1) is 12.0. The van der Waals surface area contributed by atoms with E-state index >= 15 is 0 Å². The fraction of sp³-hybridized carbons (Fsp3) is 1.00. The van der Waals surface area contributed by atoms with Crippen LogP contribution in [-0.2, 0) is 0 Å². The molecule has 3 aliphatic rings. The van der Waals surface area contributed by atoms with Crippen molar-refractivity contribution >= 4 is 0 Å². The molecular weight excluding hydrogens is 210 g/mol. The van der Waals surface area contributed by atoms with Crippen LogP contribution in [0.3, 0.4) is 0 Å². The highest BCUT2D eigenvalue weighted by Crippen LogP contribution is 2.48. The Balaban J connectivity index is 1.54. The Bertz CT molecular complexity index is 268. The molecule has 2 bridgehead atoms. The normalized spacial score (nSPS) is 45.7. The van der Waals surface area contributed by atoms with Crippen molar-refractivity contribution in [3.63, 3.8) is 0 Å². The molecule has 0 aliphatic heterocycles. The highest BCUT2D eigenvalue weighted by molar-refractivity contribution is 4.92. The molecule has 0 spiro atoms. The minimum atomic E-state index is -0.0626. The molecule has 1 N–H and O–H groups in total. The van der Waals surface area contributed by atoms with Crippen LogP contribution in [-0.4, -0.2) is 35.7 Å². The summed E-state index contributed by atoms with van der Waals surface area (Å²) in [7, 11) is 2.24. The highest BCUT2D eigenvalue weighted by atomic mass is 16.3. The highest BCUT2D eigenvalue weighted by Gasteiger charge is 2.40. The van der Waals surface area contributed by atoms with Crippen LogP contribution in [0.2, 0.25) is 0 Å². The van der Waals surface area contributed by atoms with E-state index < -0.39 is 0 Å². The third kappa shape index (κ3) is 2.39. The second kappa shape index (κ2) is 4.89. The maximum absolute atomic E-state index is 10.1. The lowest BCUT2D eigenvalue weighted by Gasteiger charge is -2.37. The van der Waals surface area contributed by atoms with Gasteiger partial charge in [-0.1, -0.05) is 19.3 Å². The number of aliphatic hydroxyl groups excluding tert-OH is 1. The Morgan fingerprint density at radius 1 is 1.06 bits per heavy atom. The molecule has 0 radical (unpaired) electrons. The SMILES string of the molecule is CN(CC1CC2CCC1C2)[C@@H]1CCCC[C@H]1O. The van der Waals surface area contributed by atoms with Crippen LogP contribution in [0.25, 0.3) is 0 Å². The van der Waals surface area contributed by atoms with Gasteiger partial charge < -0.3 is 10.0 Å². The molecule has 3 aliphatic carbocycles. The predicted molar refractivity (Wildman–Crippen MR) is 69.8 cm³/mol. The number of aliphatic hydroxyl groups is 1. The van der Waals surface area contributed by atoms with Crippen LogP contribution in [0.4, 0.5) is 0 Å². The minimum absolute atomic E-state index is 0.0626. The molecule has 17 heavy (non-hydrogen) atoms. The third-order valence-corrected chi connectivity index (χ3v) is 5.67. The standard InChI is InChI=1S/C15H27NO/c1-16(14-4-2-3-5-15(14)17)10-13-9-11-6-7-12(13)8-11/h11-15,17H,2-10H2,1H3/t11?,12?,13?,14-,15-/m1/s1. The Hall–Kier alpha value is -0.0800. The van der Waals surface area contributed by atoms with Crippen molar-refractivity contribution in [2.45, 2.75) is 63.5 Å². The van der Waals surface area contributed by atoms with Gasteiger partial charge in [-0.25, -0.2) is 0 Å². The summed E-state index contributed by atoms with van der Waals surface area (Å²) in [5.74, 6) is 3.01. The van der Waals surface area contributed by atoms with Crippen molar-refractivity contribution in [1.82, 2.24) is 4.90 Å². The van der Waals surface area contributed by atoms with Gasteiger partial charge in [0.05, 0.1) is 6.10 Å². The zero-order valence-electron chi connectivity index (χ0n) is 11.1. The van der Waals surface area contributed by atoms with Crippen molar-refractivity contribution in [3.05, 3.63) is 0 Å². The van der Waals surface area contributed by atoms with Crippen molar-refractivity contribution in [2.75, 3.05) is 13.6 Å². The van der Waals surface area contributed by atoms with E-state index in [0.717, 1.165) is 24.2 Å². The first-order valence-corrected chi connectivity index (χ1v) is 7.62. The number of rotatable bonds is 3. The average molecular weight is 237 g/mol. The van der Waals surface area contributed by atoms with Crippen LogP contribution in [0.5, 0.6) is 0 Å². The first-order valence-electron chi connectivity index (χ1n) is 7.62. The van der Waals surface area contributed by atoms with Crippen molar-refractivity contribution in [3.8, 4) is 0 Å². The van der Waals surface area contributed by atoms with Gasteiger partial charge in [0.2, 0.25) is 0 Å². The molecule has 0 amide bonds. The smallest absolute Gasteiger partial charge is 0.0695 e. The van der Waals surface area contributed by atoms with E-state index in [1.165, 1.54) is 51.5 Å². The topological polar surface area (TPSA) is 23.5 Å². The molecule has 2 nitrogen and oxygen atoms in total. The van der Waals surface area contributed by atoms with E-state index in [9.17, 15) is 5.11 Å². The van der Waals surface area contributed by atoms with Crippen LogP contribution in [0.1, 0.15) is 51.4 Å². The summed E-state index contributed by atoms with van der Waals surface area (Å²) < 4.78 is 0. The molecule has 0 aromatic carbocycles. The molecule has 0 aromatic heterocycles. The van der Waals surface area contributed by atoms with E-state index in [1.54, 1.807) is 0 Å². The van der Waals surface area contributed by atoms with Crippen LogP contribution in [0, 0.1) is 17.8 Å². The van der Waals surface area contributed by atoms with Gasteiger partial charge in [-0.3, -0.25) is 0 Å². The number of fused-ring (bicyclic) bond motifs is 2. The summed E-state index contributed by atoms with van der Waals surface area (Å²) >= 11 is 0. The molecule has 98 valence electrons. The Morgan fingerprint density at radius 3 is 2.53 bits per heavy atom. The van der Waals surface area contributed by atoms with Crippen molar-refractivity contribution in [1.29, 1.82) is 0 Å². The summed E-state index contributed by atoms with van der Waals surface area (Å²) in [6.07, 6.45) is 10.6. The number of nitrogens with zero attached hydrogens (tertiary/aromatic N) is 1. The van der Waals surface area contributed by atoms with E-state index in [4.69, 9.17) is 0 Å². The second-order valence-corrected chi connectivity index (χ2v) is 6.79. The zero-order valence-corrected chi connectivity index (χ0v) is 11.1. The maximum Gasteiger partial charge on any atom is 0.0695 e. The van der Waals surface area contributed by atoms with Crippen LogP contribution in [0.15, 0.2) is 0 Å². The lowest BCUT2D eigenvalue weighted by Crippen LogP contribution is -2.45. The van der Waals surface area contributed by atoms with Gasteiger partial charge >= 0.3 is 0 Å². The molecule has 3 unspecified atom stereocenters. The van der Waals surface area contributed by atoms with Crippen molar-refractivity contribution in [2.24, 2.45) is 17.8 Å². The Labute approximate surface area is 105 Å². The lowest BCUT2D eigenvalue weighted by molar-refractivity contribution is 0.0217. The summed E-state index contributed by atoms with van der Waals surface area (Å²) in [5.41, 5.74) is 0. The molecule has 5 atom stereocenters. The van der Waals surface area contributed by atoms with E-state index in [0.29, 0.717) is 6.04 Å². The molecule has 3 saturated carbocycles. The van der Waals surface area contributed by atoms with Gasteiger partial charge in [0.1, 0.15) is 0 Å². The first-order chi connectivity index (χ1) is 8.24. The monoisotopic (exact) mass is 237 g/mol. The number of hydrogen-bond donors (Lipinski definition) is 1. The largest absolute Gasteiger partial charge is 0.391 e. The van der Waals surface area contributed by atoms with E-state index in [-0.39, 0.29) is 6.10 Å². The Kier molecular flexibility index (Phi) is 3.45. The van der Waals surface area contributed by atoms with Gasteiger partial charge in [-0.05, 0) is 56.9 Å². The third-order valence-electron chi connectivity index (χ3n) is 5.67. The molecule has 0 heterocycles. The van der Waals surface area contributed by atoms with Gasteiger partial charge in [0, 0.05) is 12.6 Å². The summed E-state index contributed by atoms with van der Waals surface area (Å²) in [6.45, 7) is 1.24. The predicted octanol–water partition coefficient (Wildman–Crippen LogP) is 2.66. The minimum Gasteiger partial charge on any atom is -0.391 e. The quantitative estimate of drug-likeness (QED) is 0.815. The Morgan fingerprint density at radius 2 is 1.88 bits per heavy atom. The van der Waals surface area contributed by atoms with Crippen LogP contribution < -0.4 is 0 Å². The van der Waals surface area contributed by atoms with Gasteiger partial charge in [-0.15, -0.1) is 0 Å². The fourth-order valence-corrected chi connectivity index (χ4v) is 4.71. The average Bonchev–Trinajstić information content (AvgIpc) is 2.91. The van der Waals surface area contributed by atoms with Gasteiger partial charge in [0.25, 0.3) is 0 Å². The van der Waals surface area contributed by atoms with E-state index in [1.807, 2.05) is 0 Å². The second-order valence-electron chi connectivity index (χ2n) is 6.79. The van der Waals surface area contributed by atoms with Gasteiger partial charge in [0.15, 0.2) is 0 Å². The molecule has 3 rings (SSSR count). The van der Waals surface area contributed by atoms with E-state index in [2.05, 4.69) is 11.9 Å².